The van der Waals surface area contributed by atoms with Gasteiger partial charge in [-0.2, -0.15) is 11.8 Å². The number of benzene rings is 1. The predicted molar refractivity (Wildman–Crippen MR) is 78.8 cm³/mol. The van der Waals surface area contributed by atoms with E-state index in [0.717, 1.165) is 23.5 Å². The summed E-state index contributed by atoms with van der Waals surface area (Å²) in [5.41, 5.74) is 1.05. The van der Waals surface area contributed by atoms with Crippen LogP contribution >= 0.6 is 11.8 Å². The molecular formula is C14H20N2O2S. The molecule has 5 heteroatoms. The lowest BCUT2D eigenvalue weighted by molar-refractivity contribution is 0.229. The molecule has 0 aliphatic carbocycles. The molecule has 0 radical (unpaired) electrons. The molecule has 4 nitrogen and oxygen atoms in total. The smallest absolute Gasteiger partial charge is 0.315 e. The van der Waals surface area contributed by atoms with Crippen molar-refractivity contribution in [2.75, 3.05) is 18.6 Å². The van der Waals surface area contributed by atoms with Gasteiger partial charge < -0.3 is 15.4 Å². The Balaban J connectivity index is 1.84. The average molecular weight is 280 g/mol. The number of carbonyl (C=O) groups excluding carboxylic acids is 1. The first-order valence-corrected chi connectivity index (χ1v) is 7.87. The van der Waals surface area contributed by atoms with Gasteiger partial charge in [0.2, 0.25) is 0 Å². The van der Waals surface area contributed by atoms with Crippen LogP contribution in [-0.4, -0.2) is 30.7 Å². The monoisotopic (exact) mass is 280 g/mol. The van der Waals surface area contributed by atoms with Crippen LogP contribution in [0, 0.1) is 0 Å². The van der Waals surface area contributed by atoms with Gasteiger partial charge >= 0.3 is 6.03 Å². The number of fused-ring (bicyclic) bond motifs is 1. The number of thioether (sulfide) groups is 1. The Hall–Kier alpha value is -1.36. The molecule has 0 unspecified atom stereocenters. The van der Waals surface area contributed by atoms with Gasteiger partial charge in [-0.15, -0.1) is 0 Å². The minimum atomic E-state index is -0.126. The number of amides is 2. The van der Waals surface area contributed by atoms with Crippen LogP contribution in [0.25, 0.3) is 0 Å². The van der Waals surface area contributed by atoms with Gasteiger partial charge in [0, 0.05) is 11.6 Å². The molecule has 1 aliphatic rings. The fourth-order valence-electron chi connectivity index (χ4n) is 2.07. The topological polar surface area (TPSA) is 50.4 Å². The maximum atomic E-state index is 11.9. The third-order valence-electron chi connectivity index (χ3n) is 3.14. The Morgan fingerprint density at radius 3 is 3.11 bits per heavy atom. The van der Waals surface area contributed by atoms with Gasteiger partial charge in [-0.3, -0.25) is 0 Å². The fourth-order valence-corrected chi connectivity index (χ4v) is 2.66. The Kier molecular flexibility index (Phi) is 4.96. The standard InChI is InChI=1S/C14H20N2O2S/c1-10(7-8-19-2)15-14(17)16-12-9-18-13-6-4-3-5-11(12)13/h3-6,10,12H,7-9H2,1-2H3,(H2,15,16,17)/t10-,12+/m0/s1. The van der Waals surface area contributed by atoms with E-state index in [-0.39, 0.29) is 18.1 Å². The second kappa shape index (κ2) is 6.70. The van der Waals surface area contributed by atoms with Crippen molar-refractivity contribution in [3.05, 3.63) is 29.8 Å². The van der Waals surface area contributed by atoms with Gasteiger partial charge in [0.05, 0.1) is 6.04 Å². The lowest BCUT2D eigenvalue weighted by Gasteiger charge is -2.17. The molecule has 2 amide bonds. The Morgan fingerprint density at radius 2 is 2.32 bits per heavy atom. The number of hydrogen-bond donors (Lipinski definition) is 2. The predicted octanol–water partition coefficient (Wildman–Crippen LogP) is 2.56. The molecule has 2 rings (SSSR count). The van der Waals surface area contributed by atoms with E-state index in [2.05, 4.69) is 16.9 Å². The van der Waals surface area contributed by atoms with Crippen molar-refractivity contribution < 1.29 is 9.53 Å². The van der Waals surface area contributed by atoms with Crippen LogP contribution < -0.4 is 15.4 Å². The van der Waals surface area contributed by atoms with Gasteiger partial charge in [0.1, 0.15) is 12.4 Å². The minimum absolute atomic E-state index is 0.0519. The number of hydrogen-bond acceptors (Lipinski definition) is 3. The van der Waals surface area contributed by atoms with Crippen LogP contribution in [0.15, 0.2) is 24.3 Å². The number of carbonyl (C=O) groups is 1. The van der Waals surface area contributed by atoms with Gasteiger partial charge in [-0.05, 0) is 31.4 Å². The summed E-state index contributed by atoms with van der Waals surface area (Å²) in [7, 11) is 0. The third kappa shape index (κ3) is 3.80. The van der Waals surface area contributed by atoms with E-state index in [0.29, 0.717) is 6.61 Å². The van der Waals surface area contributed by atoms with Crippen molar-refractivity contribution in [3.63, 3.8) is 0 Å². The first-order valence-electron chi connectivity index (χ1n) is 6.48. The summed E-state index contributed by atoms with van der Waals surface area (Å²) in [6, 6.07) is 7.82. The van der Waals surface area contributed by atoms with Gasteiger partial charge in [0.15, 0.2) is 0 Å². The van der Waals surface area contributed by atoms with Gasteiger partial charge in [-0.1, -0.05) is 18.2 Å². The molecule has 0 saturated carbocycles. The third-order valence-corrected chi connectivity index (χ3v) is 3.78. The molecule has 0 aromatic heterocycles. The number of nitrogens with one attached hydrogen (secondary N) is 2. The highest BCUT2D eigenvalue weighted by Gasteiger charge is 2.25. The van der Waals surface area contributed by atoms with Crippen molar-refractivity contribution >= 4 is 17.8 Å². The van der Waals surface area contributed by atoms with E-state index in [1.807, 2.05) is 31.2 Å². The van der Waals surface area contributed by atoms with Crippen LogP contribution in [0.1, 0.15) is 24.9 Å². The molecule has 2 N–H and O–H groups in total. The SMILES string of the molecule is CSCC[C@H](C)NC(=O)N[C@@H]1COc2ccccc21. The summed E-state index contributed by atoms with van der Waals surface area (Å²) in [5.74, 6) is 1.92. The van der Waals surface area contributed by atoms with Crippen LogP contribution in [0.3, 0.4) is 0 Å². The van der Waals surface area contributed by atoms with Crippen LogP contribution in [-0.2, 0) is 0 Å². The molecular weight excluding hydrogens is 260 g/mol. The maximum Gasteiger partial charge on any atom is 0.315 e. The van der Waals surface area contributed by atoms with E-state index in [1.165, 1.54) is 0 Å². The lowest BCUT2D eigenvalue weighted by atomic mass is 10.1. The summed E-state index contributed by atoms with van der Waals surface area (Å²) in [4.78, 5) is 11.9. The lowest BCUT2D eigenvalue weighted by Crippen LogP contribution is -2.42. The van der Waals surface area contributed by atoms with Crippen LogP contribution in [0.5, 0.6) is 5.75 Å². The zero-order chi connectivity index (χ0) is 13.7. The first-order chi connectivity index (χ1) is 9.20. The Bertz CT molecular complexity index is 439. The zero-order valence-corrected chi connectivity index (χ0v) is 12.1. The summed E-state index contributed by atoms with van der Waals surface area (Å²) >= 11 is 1.79. The fraction of sp³-hybridized carbons (Fsp3) is 0.500. The number of urea groups is 1. The highest BCUT2D eigenvalue weighted by Crippen LogP contribution is 2.31. The van der Waals surface area contributed by atoms with E-state index < -0.39 is 0 Å². The summed E-state index contributed by atoms with van der Waals surface area (Å²) in [5, 5.41) is 5.91. The highest BCUT2D eigenvalue weighted by atomic mass is 32.2. The summed E-state index contributed by atoms with van der Waals surface area (Å²) < 4.78 is 5.54. The van der Waals surface area contributed by atoms with Crippen molar-refractivity contribution in [2.45, 2.75) is 25.4 Å². The quantitative estimate of drug-likeness (QED) is 0.871. The molecule has 1 heterocycles. The van der Waals surface area contributed by atoms with E-state index >= 15 is 0 Å². The van der Waals surface area contributed by atoms with Crippen molar-refractivity contribution in [3.8, 4) is 5.75 Å². The molecule has 0 spiro atoms. The van der Waals surface area contributed by atoms with E-state index in [9.17, 15) is 4.79 Å². The first kappa shape index (κ1) is 14.1. The summed E-state index contributed by atoms with van der Waals surface area (Å²) in [6.07, 6.45) is 3.05. The number of ether oxygens (including phenoxy) is 1. The largest absolute Gasteiger partial charge is 0.491 e. The number of rotatable bonds is 5. The molecule has 1 aromatic carbocycles. The molecule has 2 atom stereocenters. The molecule has 0 fully saturated rings. The zero-order valence-electron chi connectivity index (χ0n) is 11.3. The van der Waals surface area contributed by atoms with Crippen LogP contribution in [0.4, 0.5) is 4.79 Å². The molecule has 1 aliphatic heterocycles. The van der Waals surface area contributed by atoms with Gasteiger partial charge in [0.25, 0.3) is 0 Å². The molecule has 104 valence electrons. The Labute approximate surface area is 118 Å². The van der Waals surface area contributed by atoms with Crippen molar-refractivity contribution in [2.24, 2.45) is 0 Å². The van der Waals surface area contributed by atoms with Crippen molar-refractivity contribution in [1.29, 1.82) is 0 Å². The molecule has 1 aromatic rings. The second-order valence-corrected chi connectivity index (χ2v) is 5.69. The van der Waals surface area contributed by atoms with Crippen LogP contribution in [0.2, 0.25) is 0 Å². The second-order valence-electron chi connectivity index (χ2n) is 4.70. The summed E-state index contributed by atoms with van der Waals surface area (Å²) in [6.45, 7) is 2.53. The molecule has 19 heavy (non-hydrogen) atoms. The van der Waals surface area contributed by atoms with E-state index in [4.69, 9.17) is 4.74 Å². The van der Waals surface area contributed by atoms with E-state index in [1.54, 1.807) is 11.8 Å². The average Bonchev–Trinajstić information content (AvgIpc) is 2.80. The maximum absolute atomic E-state index is 11.9. The minimum Gasteiger partial charge on any atom is -0.491 e. The Morgan fingerprint density at radius 1 is 1.53 bits per heavy atom. The molecule has 0 saturated heterocycles. The molecule has 0 bridgehead atoms. The normalized spacial score (nSPS) is 18.3. The van der Waals surface area contributed by atoms with Crippen molar-refractivity contribution in [1.82, 2.24) is 10.6 Å². The number of para-hydroxylation sites is 1. The van der Waals surface area contributed by atoms with Gasteiger partial charge in [-0.25, -0.2) is 4.79 Å². The highest BCUT2D eigenvalue weighted by molar-refractivity contribution is 7.98.